The Bertz CT molecular complexity index is 1550. The summed E-state index contributed by atoms with van der Waals surface area (Å²) in [5.74, 6) is 1.32. The Labute approximate surface area is 263 Å². The average molecular weight is 609 g/mol. The topological polar surface area (TPSA) is 59.5 Å². The normalized spacial score (nSPS) is 17.4. The van der Waals surface area contributed by atoms with Crippen LogP contribution in [0.5, 0.6) is 5.75 Å². The fourth-order valence-electron chi connectivity index (χ4n) is 6.95. The Morgan fingerprint density at radius 1 is 0.727 bits per heavy atom. The first-order valence-electron chi connectivity index (χ1n) is 16.3. The first-order chi connectivity index (χ1) is 21.6. The fraction of sp³-hybridized carbons (Fsp3) is 0.395. The van der Waals surface area contributed by atoms with E-state index in [1.807, 2.05) is 42.5 Å². The lowest BCUT2D eigenvalue weighted by molar-refractivity contribution is 0.130. The Kier molecular flexibility index (Phi) is 10.1. The van der Waals surface area contributed by atoms with Crippen molar-refractivity contribution in [3.63, 3.8) is 0 Å². The molecule has 0 spiro atoms. The van der Waals surface area contributed by atoms with Gasteiger partial charge < -0.3 is 4.74 Å². The van der Waals surface area contributed by atoms with E-state index in [-0.39, 0.29) is 6.04 Å². The van der Waals surface area contributed by atoms with Crippen molar-refractivity contribution >= 4 is 9.84 Å². The van der Waals surface area contributed by atoms with E-state index in [4.69, 9.17) is 4.74 Å². The highest BCUT2D eigenvalue weighted by Crippen LogP contribution is 2.39. The van der Waals surface area contributed by atoms with E-state index >= 15 is 0 Å². The molecule has 5 nitrogen and oxygen atoms in total. The van der Waals surface area contributed by atoms with Crippen molar-refractivity contribution in [1.29, 1.82) is 0 Å². The summed E-state index contributed by atoms with van der Waals surface area (Å²) in [5.41, 5.74) is 4.13. The maximum Gasteiger partial charge on any atom is 0.198 e. The largest absolute Gasteiger partial charge is 0.493 e. The number of nitrogens with zero attached hydrogens (tertiary/aromatic N) is 2. The monoisotopic (exact) mass is 608 g/mol. The quantitative estimate of drug-likeness (QED) is 0.170. The van der Waals surface area contributed by atoms with Crippen LogP contribution in [0.3, 0.4) is 0 Å². The van der Waals surface area contributed by atoms with Crippen LogP contribution < -0.4 is 4.74 Å². The summed E-state index contributed by atoms with van der Waals surface area (Å²) in [6, 6.07) is 29.9. The Balaban J connectivity index is 1.30. The molecule has 3 aromatic carbocycles. The second kappa shape index (κ2) is 14.5. The van der Waals surface area contributed by atoms with Gasteiger partial charge in [0.25, 0.3) is 0 Å². The van der Waals surface area contributed by atoms with Gasteiger partial charge in [0.05, 0.1) is 11.5 Å². The van der Waals surface area contributed by atoms with Gasteiger partial charge in [0.15, 0.2) is 9.84 Å². The molecule has 0 radical (unpaired) electrons. The standard InChI is InChI=1S/C38H44N2O3S/c41-44(42,37-24-22-36(23-25-37)43-29-31-11-4-1-5-12-31)38(34-15-10-26-39-27-34)40(35-16-8-3-9-17-35)28-30-18-20-33(21-19-30)32-13-6-2-7-14-32/h2,6-7,10,13-15,18-27,31,35,38H,1,3-5,8-9,11-12,16-17,28-29H2. The molecule has 6 rings (SSSR count). The van der Waals surface area contributed by atoms with Gasteiger partial charge in [-0.25, -0.2) is 8.42 Å². The molecule has 2 aliphatic rings. The molecule has 1 unspecified atom stereocenters. The summed E-state index contributed by atoms with van der Waals surface area (Å²) >= 11 is 0. The number of aromatic nitrogens is 1. The molecule has 0 aliphatic heterocycles. The van der Waals surface area contributed by atoms with Gasteiger partial charge in [-0.15, -0.1) is 0 Å². The van der Waals surface area contributed by atoms with Gasteiger partial charge in [0, 0.05) is 30.5 Å². The van der Waals surface area contributed by atoms with E-state index in [1.165, 1.54) is 44.1 Å². The van der Waals surface area contributed by atoms with Gasteiger partial charge in [-0.2, -0.15) is 0 Å². The summed E-state index contributed by atoms with van der Waals surface area (Å²) in [5, 5.41) is -0.845. The Morgan fingerprint density at radius 2 is 1.39 bits per heavy atom. The molecule has 1 aromatic heterocycles. The third kappa shape index (κ3) is 7.41. The highest BCUT2D eigenvalue weighted by atomic mass is 32.2. The molecule has 230 valence electrons. The van der Waals surface area contributed by atoms with Crippen LogP contribution in [-0.4, -0.2) is 31.0 Å². The zero-order valence-corrected chi connectivity index (χ0v) is 26.4. The van der Waals surface area contributed by atoms with Crippen molar-refractivity contribution in [2.24, 2.45) is 5.92 Å². The number of rotatable bonds is 11. The minimum Gasteiger partial charge on any atom is -0.493 e. The van der Waals surface area contributed by atoms with Crippen LogP contribution in [0.2, 0.25) is 0 Å². The lowest BCUT2D eigenvalue weighted by Crippen LogP contribution is -2.42. The molecule has 2 fully saturated rings. The van der Waals surface area contributed by atoms with E-state index < -0.39 is 15.2 Å². The fourth-order valence-corrected chi connectivity index (χ4v) is 8.83. The predicted octanol–water partition coefficient (Wildman–Crippen LogP) is 9.02. The van der Waals surface area contributed by atoms with E-state index in [2.05, 4.69) is 46.3 Å². The van der Waals surface area contributed by atoms with Crippen LogP contribution in [-0.2, 0) is 16.4 Å². The first-order valence-corrected chi connectivity index (χ1v) is 17.9. The van der Waals surface area contributed by atoms with Crippen LogP contribution >= 0.6 is 0 Å². The maximum atomic E-state index is 14.7. The minimum atomic E-state index is -3.80. The van der Waals surface area contributed by atoms with Crippen LogP contribution in [0.4, 0.5) is 0 Å². The molecule has 0 bridgehead atoms. The summed E-state index contributed by atoms with van der Waals surface area (Å²) < 4.78 is 35.4. The molecule has 1 heterocycles. The highest BCUT2D eigenvalue weighted by Gasteiger charge is 2.38. The van der Waals surface area contributed by atoms with Gasteiger partial charge in [-0.05, 0) is 78.6 Å². The van der Waals surface area contributed by atoms with Crippen molar-refractivity contribution in [3.05, 3.63) is 115 Å². The second-order valence-electron chi connectivity index (χ2n) is 12.5. The van der Waals surface area contributed by atoms with Gasteiger partial charge in [0.1, 0.15) is 11.1 Å². The number of ether oxygens (including phenoxy) is 1. The van der Waals surface area contributed by atoms with Gasteiger partial charge in [-0.3, -0.25) is 9.88 Å². The average Bonchev–Trinajstić information content (AvgIpc) is 3.09. The summed E-state index contributed by atoms with van der Waals surface area (Å²) in [4.78, 5) is 6.91. The van der Waals surface area contributed by atoms with E-state index in [0.29, 0.717) is 29.5 Å². The van der Waals surface area contributed by atoms with Crippen LogP contribution in [0.25, 0.3) is 11.1 Å². The lowest BCUT2D eigenvalue weighted by atomic mass is 9.90. The van der Waals surface area contributed by atoms with E-state index in [1.54, 1.807) is 24.5 Å². The molecule has 44 heavy (non-hydrogen) atoms. The minimum absolute atomic E-state index is 0.163. The van der Waals surface area contributed by atoms with E-state index in [9.17, 15) is 8.42 Å². The highest BCUT2D eigenvalue weighted by molar-refractivity contribution is 7.91. The molecule has 1 atom stereocenters. The number of hydrogen-bond acceptors (Lipinski definition) is 5. The molecular weight excluding hydrogens is 564 g/mol. The molecular formula is C38H44N2O3S. The molecule has 0 N–H and O–H groups in total. The van der Waals surface area contributed by atoms with Gasteiger partial charge in [0.2, 0.25) is 0 Å². The summed E-state index contributed by atoms with van der Waals surface area (Å²) in [7, 11) is -3.80. The molecule has 0 amide bonds. The van der Waals surface area contributed by atoms with Crippen LogP contribution in [0.1, 0.15) is 80.7 Å². The third-order valence-corrected chi connectivity index (χ3v) is 11.5. The maximum absolute atomic E-state index is 14.7. The van der Waals surface area contributed by atoms with Crippen molar-refractivity contribution in [2.75, 3.05) is 6.61 Å². The zero-order valence-electron chi connectivity index (χ0n) is 25.6. The van der Waals surface area contributed by atoms with Crippen LogP contribution in [0.15, 0.2) is 108 Å². The van der Waals surface area contributed by atoms with Crippen LogP contribution in [0, 0.1) is 5.92 Å². The Morgan fingerprint density at radius 3 is 2.05 bits per heavy atom. The number of hydrogen-bond donors (Lipinski definition) is 0. The zero-order chi connectivity index (χ0) is 30.2. The molecule has 2 saturated carbocycles. The molecule has 6 heteroatoms. The SMILES string of the molecule is O=S(=O)(c1ccc(OCC2CCCCC2)cc1)C(c1cccnc1)N(Cc1ccc(-c2ccccc2)cc1)C1CCCCC1. The third-order valence-electron chi connectivity index (χ3n) is 9.40. The van der Waals surface area contributed by atoms with Gasteiger partial charge in [-0.1, -0.05) is 99.2 Å². The van der Waals surface area contributed by atoms with E-state index in [0.717, 1.165) is 42.6 Å². The molecule has 4 aromatic rings. The number of benzene rings is 3. The summed E-state index contributed by atoms with van der Waals surface area (Å²) in [6.07, 6.45) is 15.1. The lowest BCUT2D eigenvalue weighted by Gasteiger charge is -2.39. The number of pyridine rings is 1. The molecule has 0 saturated heterocycles. The first kappa shape index (κ1) is 30.5. The summed E-state index contributed by atoms with van der Waals surface area (Å²) in [6.45, 7) is 1.24. The predicted molar refractivity (Wildman–Crippen MR) is 177 cm³/mol. The van der Waals surface area contributed by atoms with Crippen molar-refractivity contribution < 1.29 is 13.2 Å². The van der Waals surface area contributed by atoms with Gasteiger partial charge >= 0.3 is 0 Å². The Hall–Kier alpha value is -3.48. The van der Waals surface area contributed by atoms with Crippen molar-refractivity contribution in [2.45, 2.75) is 87.1 Å². The second-order valence-corrected chi connectivity index (χ2v) is 14.5. The van der Waals surface area contributed by atoms with Crippen molar-refractivity contribution in [1.82, 2.24) is 9.88 Å². The molecule has 2 aliphatic carbocycles. The smallest absolute Gasteiger partial charge is 0.198 e. The number of sulfone groups is 1. The van der Waals surface area contributed by atoms with Crippen molar-refractivity contribution in [3.8, 4) is 16.9 Å².